The van der Waals surface area contributed by atoms with Crippen LogP contribution in [0.3, 0.4) is 0 Å². The van der Waals surface area contributed by atoms with Crippen LogP contribution in [0.2, 0.25) is 0 Å². The molecule has 35 heavy (non-hydrogen) atoms. The second kappa shape index (κ2) is 9.90. The standard InChI is InChI=1S/C23H25N7O4S/c1-15-9-11-28(12-10-15)22-26-27-23(29(22)14-19-4-3-13-33-19)35-16(2)20-24-25-21(34-20)17-5-7-18(8-6-17)30(31)32/h3-8,13,15-16H,9-12,14H2,1-2H3. The predicted octanol–water partition coefficient (Wildman–Crippen LogP) is 4.97. The molecule has 1 aliphatic rings. The SMILES string of the molecule is CC1CCN(c2nnc(SC(C)c3nnc(-c4ccc([N+](=O)[O-])cc4)o3)n2Cc2ccco2)CC1. The predicted molar refractivity (Wildman–Crippen MR) is 129 cm³/mol. The van der Waals surface area contributed by atoms with Crippen LogP contribution >= 0.6 is 11.8 Å². The molecular weight excluding hydrogens is 470 g/mol. The summed E-state index contributed by atoms with van der Waals surface area (Å²) >= 11 is 1.48. The summed E-state index contributed by atoms with van der Waals surface area (Å²) in [7, 11) is 0. The van der Waals surface area contributed by atoms with Gasteiger partial charge in [0.15, 0.2) is 5.16 Å². The van der Waals surface area contributed by atoms with Gasteiger partial charge in [0.25, 0.3) is 5.69 Å². The van der Waals surface area contributed by atoms with Crippen LogP contribution in [0.15, 0.2) is 56.7 Å². The number of rotatable bonds is 8. The summed E-state index contributed by atoms with van der Waals surface area (Å²) in [6.45, 7) is 6.66. The molecule has 0 radical (unpaired) electrons. The lowest BCUT2D eigenvalue weighted by atomic mass is 10.00. The number of piperidine rings is 1. The van der Waals surface area contributed by atoms with Gasteiger partial charge in [-0.3, -0.25) is 14.7 Å². The van der Waals surface area contributed by atoms with Gasteiger partial charge in [0.1, 0.15) is 5.76 Å². The highest BCUT2D eigenvalue weighted by atomic mass is 32.2. The molecular formula is C23H25N7O4S. The van der Waals surface area contributed by atoms with Gasteiger partial charge in [-0.05, 0) is 49.9 Å². The normalized spacial score (nSPS) is 15.4. The number of nitro benzene ring substituents is 1. The molecule has 0 aliphatic carbocycles. The van der Waals surface area contributed by atoms with E-state index in [1.807, 2.05) is 19.1 Å². The highest BCUT2D eigenvalue weighted by molar-refractivity contribution is 7.99. The van der Waals surface area contributed by atoms with Crippen molar-refractivity contribution in [3.05, 3.63) is 64.4 Å². The lowest BCUT2D eigenvalue weighted by Gasteiger charge is -2.31. The van der Waals surface area contributed by atoms with Gasteiger partial charge in [0.05, 0.1) is 23.0 Å². The summed E-state index contributed by atoms with van der Waals surface area (Å²) in [6, 6.07) is 9.83. The van der Waals surface area contributed by atoms with Crippen molar-refractivity contribution in [1.82, 2.24) is 25.0 Å². The molecule has 0 bridgehead atoms. The minimum Gasteiger partial charge on any atom is -0.467 e. The number of nitrogens with zero attached hydrogens (tertiary/aromatic N) is 7. The van der Waals surface area contributed by atoms with E-state index in [1.54, 1.807) is 18.4 Å². The van der Waals surface area contributed by atoms with Crippen molar-refractivity contribution in [3.8, 4) is 11.5 Å². The van der Waals surface area contributed by atoms with Crippen LogP contribution in [-0.4, -0.2) is 43.0 Å². The highest BCUT2D eigenvalue weighted by Crippen LogP contribution is 2.36. The van der Waals surface area contributed by atoms with Gasteiger partial charge < -0.3 is 13.7 Å². The molecule has 11 nitrogen and oxygen atoms in total. The smallest absolute Gasteiger partial charge is 0.269 e. The molecule has 1 aliphatic heterocycles. The Kier molecular flexibility index (Phi) is 6.53. The Morgan fingerprint density at radius 3 is 2.60 bits per heavy atom. The topological polar surface area (TPSA) is 129 Å². The summed E-state index contributed by atoms with van der Waals surface area (Å²) in [5.74, 6) is 3.11. The first-order chi connectivity index (χ1) is 17.0. The van der Waals surface area contributed by atoms with E-state index in [0.717, 1.165) is 42.8 Å². The highest BCUT2D eigenvalue weighted by Gasteiger charge is 2.26. The van der Waals surface area contributed by atoms with E-state index in [4.69, 9.17) is 8.83 Å². The summed E-state index contributed by atoms with van der Waals surface area (Å²) < 4.78 is 13.6. The van der Waals surface area contributed by atoms with Crippen molar-refractivity contribution in [2.45, 2.75) is 43.6 Å². The molecule has 0 spiro atoms. The van der Waals surface area contributed by atoms with E-state index in [2.05, 4.69) is 36.8 Å². The third-order valence-electron chi connectivity index (χ3n) is 6.05. The average molecular weight is 496 g/mol. The van der Waals surface area contributed by atoms with Gasteiger partial charge in [0, 0.05) is 30.8 Å². The molecule has 1 unspecified atom stereocenters. The Balaban J connectivity index is 1.36. The minimum absolute atomic E-state index is 0.00673. The molecule has 1 fully saturated rings. The number of aromatic nitrogens is 5. The van der Waals surface area contributed by atoms with E-state index in [0.29, 0.717) is 29.8 Å². The maximum Gasteiger partial charge on any atom is 0.269 e. The van der Waals surface area contributed by atoms with Gasteiger partial charge in [-0.25, -0.2) is 0 Å². The number of thioether (sulfide) groups is 1. The number of anilines is 1. The summed E-state index contributed by atoms with van der Waals surface area (Å²) in [5, 5.41) is 28.8. The van der Waals surface area contributed by atoms with Gasteiger partial charge in [0.2, 0.25) is 17.7 Å². The fraction of sp³-hybridized carbons (Fsp3) is 0.391. The monoisotopic (exact) mass is 495 g/mol. The molecule has 12 heteroatoms. The zero-order valence-corrected chi connectivity index (χ0v) is 20.2. The number of hydrogen-bond donors (Lipinski definition) is 0. The van der Waals surface area contributed by atoms with E-state index in [9.17, 15) is 10.1 Å². The Morgan fingerprint density at radius 1 is 1.14 bits per heavy atom. The summed E-state index contributed by atoms with van der Waals surface area (Å²) in [5.41, 5.74) is 0.626. The third-order valence-corrected chi connectivity index (χ3v) is 7.12. The van der Waals surface area contributed by atoms with Crippen LogP contribution in [0, 0.1) is 16.0 Å². The Bertz CT molecular complexity index is 1280. The van der Waals surface area contributed by atoms with Gasteiger partial charge in [-0.1, -0.05) is 18.7 Å². The maximum atomic E-state index is 10.9. The lowest BCUT2D eigenvalue weighted by Crippen LogP contribution is -2.35. The molecule has 0 saturated carbocycles. The molecule has 182 valence electrons. The van der Waals surface area contributed by atoms with Crippen molar-refractivity contribution in [2.24, 2.45) is 5.92 Å². The second-order valence-electron chi connectivity index (χ2n) is 8.63. The van der Waals surface area contributed by atoms with Crippen LogP contribution in [0.1, 0.15) is 43.6 Å². The average Bonchev–Trinajstić information content (AvgIpc) is 3.62. The van der Waals surface area contributed by atoms with Crippen LogP contribution in [0.5, 0.6) is 0 Å². The summed E-state index contributed by atoms with van der Waals surface area (Å²) in [6.07, 6.45) is 3.91. The summed E-state index contributed by atoms with van der Waals surface area (Å²) in [4.78, 5) is 12.7. The first-order valence-corrected chi connectivity index (χ1v) is 12.3. The third kappa shape index (κ3) is 5.06. The first kappa shape index (κ1) is 23.1. The van der Waals surface area contributed by atoms with Crippen molar-refractivity contribution in [2.75, 3.05) is 18.0 Å². The van der Waals surface area contributed by atoms with Crippen molar-refractivity contribution in [1.29, 1.82) is 0 Å². The molecule has 3 aromatic heterocycles. The molecule has 4 aromatic rings. The van der Waals surface area contributed by atoms with Crippen molar-refractivity contribution in [3.63, 3.8) is 0 Å². The van der Waals surface area contributed by atoms with Gasteiger partial charge in [-0.15, -0.1) is 20.4 Å². The molecule has 1 saturated heterocycles. The number of furan rings is 1. The van der Waals surface area contributed by atoms with E-state index >= 15 is 0 Å². The fourth-order valence-electron chi connectivity index (χ4n) is 3.96. The van der Waals surface area contributed by atoms with Crippen molar-refractivity contribution >= 4 is 23.4 Å². The Labute approximate surface area is 205 Å². The van der Waals surface area contributed by atoms with Crippen LogP contribution in [0.25, 0.3) is 11.5 Å². The molecule has 1 atom stereocenters. The Hall–Kier alpha value is -3.67. The van der Waals surface area contributed by atoms with Gasteiger partial charge >= 0.3 is 0 Å². The zero-order valence-electron chi connectivity index (χ0n) is 19.4. The number of nitro groups is 1. The Morgan fingerprint density at radius 2 is 1.91 bits per heavy atom. The van der Waals surface area contributed by atoms with E-state index in [1.165, 1.54) is 23.9 Å². The maximum absolute atomic E-state index is 10.9. The first-order valence-electron chi connectivity index (χ1n) is 11.4. The molecule has 4 heterocycles. The lowest BCUT2D eigenvalue weighted by molar-refractivity contribution is -0.384. The van der Waals surface area contributed by atoms with E-state index < -0.39 is 4.92 Å². The molecule has 1 aromatic carbocycles. The van der Waals surface area contributed by atoms with Crippen molar-refractivity contribution < 1.29 is 13.8 Å². The molecule has 5 rings (SSSR count). The van der Waals surface area contributed by atoms with E-state index in [-0.39, 0.29) is 10.9 Å². The van der Waals surface area contributed by atoms with Crippen LogP contribution in [-0.2, 0) is 6.54 Å². The zero-order chi connectivity index (χ0) is 24.4. The molecule has 0 N–H and O–H groups in total. The fourth-order valence-corrected chi connectivity index (χ4v) is 4.83. The van der Waals surface area contributed by atoms with Gasteiger partial charge in [-0.2, -0.15) is 0 Å². The number of non-ortho nitro benzene ring substituents is 1. The second-order valence-corrected chi connectivity index (χ2v) is 9.94. The van der Waals surface area contributed by atoms with Crippen LogP contribution in [0.4, 0.5) is 11.6 Å². The quantitative estimate of drug-likeness (QED) is 0.188. The minimum atomic E-state index is -0.445. The largest absolute Gasteiger partial charge is 0.467 e. The van der Waals surface area contributed by atoms with Crippen LogP contribution < -0.4 is 4.90 Å². The number of benzene rings is 1. The number of hydrogen-bond acceptors (Lipinski definition) is 10. The molecule has 0 amide bonds.